The summed E-state index contributed by atoms with van der Waals surface area (Å²) < 4.78 is 30.4. The van der Waals surface area contributed by atoms with Gasteiger partial charge in [0.1, 0.15) is 29.9 Å². The molecule has 0 bridgehead atoms. The Kier molecular flexibility index (Phi) is 6.90. The van der Waals surface area contributed by atoms with Crippen LogP contribution in [0.3, 0.4) is 0 Å². The zero-order valence-electron chi connectivity index (χ0n) is 17.8. The zero-order valence-corrected chi connectivity index (χ0v) is 18.6. The van der Waals surface area contributed by atoms with Gasteiger partial charge in [-0.2, -0.15) is 5.10 Å². The lowest BCUT2D eigenvalue weighted by Gasteiger charge is -2.19. The van der Waals surface area contributed by atoms with E-state index in [-0.39, 0.29) is 11.4 Å². The average molecular weight is 480 g/mol. The topological polar surface area (TPSA) is 152 Å². The third-order valence-corrected chi connectivity index (χ3v) is 6.31. The van der Waals surface area contributed by atoms with E-state index in [1.54, 1.807) is 35.3 Å². The molecule has 1 atom stereocenters. The quantitative estimate of drug-likeness (QED) is 0.309. The second kappa shape index (κ2) is 10.2. The van der Waals surface area contributed by atoms with Crippen LogP contribution in [0, 0.1) is 0 Å². The van der Waals surface area contributed by atoms with E-state index in [2.05, 4.69) is 30.1 Å². The van der Waals surface area contributed by atoms with E-state index in [4.69, 9.17) is 5.11 Å². The maximum atomic E-state index is 13.0. The van der Waals surface area contributed by atoms with Crippen LogP contribution >= 0.6 is 0 Å². The van der Waals surface area contributed by atoms with Crippen LogP contribution in [0.4, 0.5) is 5.82 Å². The summed E-state index contributed by atoms with van der Waals surface area (Å²) >= 11 is 0. The van der Waals surface area contributed by atoms with Gasteiger partial charge >= 0.3 is 5.97 Å². The van der Waals surface area contributed by atoms with Crippen molar-refractivity contribution >= 4 is 21.8 Å². The van der Waals surface area contributed by atoms with Crippen LogP contribution in [0.15, 0.2) is 84.5 Å². The largest absolute Gasteiger partial charge is 0.480 e. The number of hydrogen-bond acceptors (Lipinski definition) is 8. The number of nitrogens with one attached hydrogen (secondary N) is 2. The van der Waals surface area contributed by atoms with Crippen LogP contribution in [-0.4, -0.2) is 50.8 Å². The van der Waals surface area contributed by atoms with Gasteiger partial charge in [-0.15, -0.1) is 0 Å². The van der Waals surface area contributed by atoms with Crippen LogP contribution in [0.2, 0.25) is 0 Å². The van der Waals surface area contributed by atoms with Gasteiger partial charge in [0.15, 0.2) is 0 Å². The molecule has 0 aliphatic heterocycles. The number of aliphatic carboxylic acids is 1. The monoisotopic (exact) mass is 479 g/mol. The Morgan fingerprint density at radius 1 is 1.06 bits per heavy atom. The van der Waals surface area contributed by atoms with Gasteiger partial charge in [0.2, 0.25) is 10.0 Å². The highest BCUT2D eigenvalue weighted by molar-refractivity contribution is 7.89. The number of hydrogen-bond donors (Lipinski definition) is 3. The normalized spacial score (nSPS) is 12.2. The number of pyridine rings is 2. The maximum absolute atomic E-state index is 13.0. The molecule has 0 aliphatic carbocycles. The molecule has 0 saturated heterocycles. The van der Waals surface area contributed by atoms with Gasteiger partial charge in [-0.05, 0) is 48.4 Å². The molecule has 3 aromatic heterocycles. The maximum Gasteiger partial charge on any atom is 0.322 e. The van der Waals surface area contributed by atoms with Crippen molar-refractivity contribution < 1.29 is 18.3 Å². The number of nitrogens with zero attached hydrogens (tertiary/aromatic N) is 5. The summed E-state index contributed by atoms with van der Waals surface area (Å²) in [7, 11) is -3.90. The summed E-state index contributed by atoms with van der Waals surface area (Å²) in [6.07, 6.45) is 6.08. The lowest BCUT2D eigenvalue weighted by molar-refractivity contribution is -0.134. The summed E-state index contributed by atoms with van der Waals surface area (Å²) in [5.41, 5.74) is 2.10. The molecule has 4 rings (SSSR count). The minimum atomic E-state index is -3.90. The van der Waals surface area contributed by atoms with Crippen molar-refractivity contribution in [2.45, 2.75) is 17.4 Å². The molecule has 0 spiro atoms. The Balaban J connectivity index is 1.63. The van der Waals surface area contributed by atoms with E-state index < -0.39 is 22.0 Å². The highest BCUT2D eigenvalue weighted by Gasteiger charge is 2.23. The molecule has 11 nitrogen and oxygen atoms in total. The van der Waals surface area contributed by atoms with E-state index in [0.29, 0.717) is 17.9 Å². The Morgan fingerprint density at radius 2 is 1.88 bits per heavy atom. The molecule has 3 N–H and O–H groups in total. The molecule has 1 aromatic carbocycles. The van der Waals surface area contributed by atoms with Crippen molar-refractivity contribution in [2.24, 2.45) is 0 Å². The van der Waals surface area contributed by atoms with Crippen molar-refractivity contribution in [3.05, 3.63) is 90.9 Å². The fourth-order valence-electron chi connectivity index (χ4n) is 3.24. The molecule has 34 heavy (non-hydrogen) atoms. The third-order valence-electron chi connectivity index (χ3n) is 4.85. The van der Waals surface area contributed by atoms with Gasteiger partial charge in [0.05, 0.1) is 17.4 Å². The molecule has 0 fully saturated rings. The predicted octanol–water partition coefficient (Wildman–Crippen LogP) is 1.82. The first kappa shape index (κ1) is 23.0. The number of anilines is 1. The Bertz CT molecular complexity index is 1350. The van der Waals surface area contributed by atoms with Crippen molar-refractivity contribution in [1.82, 2.24) is 29.5 Å². The molecule has 1 unspecified atom stereocenters. The van der Waals surface area contributed by atoms with Gasteiger partial charge in [-0.3, -0.25) is 9.78 Å². The summed E-state index contributed by atoms with van der Waals surface area (Å²) in [5, 5.41) is 15.7. The Labute approximate surface area is 195 Å². The first-order valence-corrected chi connectivity index (χ1v) is 11.7. The van der Waals surface area contributed by atoms with E-state index in [9.17, 15) is 13.2 Å². The number of aromatic nitrogens is 5. The van der Waals surface area contributed by atoms with E-state index in [1.165, 1.54) is 24.8 Å². The van der Waals surface area contributed by atoms with Crippen molar-refractivity contribution in [3.8, 4) is 5.69 Å². The van der Waals surface area contributed by atoms with Crippen molar-refractivity contribution in [1.29, 1.82) is 0 Å². The van der Waals surface area contributed by atoms with Crippen LogP contribution in [0.25, 0.3) is 5.69 Å². The second-order valence-electron chi connectivity index (χ2n) is 7.27. The third kappa shape index (κ3) is 5.79. The fraction of sp³-hybridized carbons (Fsp3) is 0.136. The number of carbonyl (C=O) groups is 1. The minimum Gasteiger partial charge on any atom is -0.480 e. The SMILES string of the molecule is O=C(O)CNc1cccc(C(Cc2ccc(-n3cncn3)cc2)NS(=O)(=O)c2cccnc2)n1. The van der Waals surface area contributed by atoms with Crippen LogP contribution in [-0.2, 0) is 21.2 Å². The smallest absolute Gasteiger partial charge is 0.322 e. The van der Waals surface area contributed by atoms with E-state index >= 15 is 0 Å². The molecule has 4 aromatic rings. The summed E-state index contributed by atoms with van der Waals surface area (Å²) in [6.45, 7) is -0.313. The van der Waals surface area contributed by atoms with Crippen LogP contribution in [0.5, 0.6) is 0 Å². The second-order valence-corrected chi connectivity index (χ2v) is 8.98. The molecular formula is C22H21N7O4S. The molecule has 0 aliphatic rings. The number of carboxylic acids is 1. The molecule has 3 heterocycles. The highest BCUT2D eigenvalue weighted by atomic mass is 32.2. The number of sulfonamides is 1. The van der Waals surface area contributed by atoms with E-state index in [1.807, 2.05) is 24.3 Å². The Morgan fingerprint density at radius 3 is 2.56 bits per heavy atom. The molecule has 12 heteroatoms. The molecule has 0 amide bonds. The summed E-state index contributed by atoms with van der Waals surface area (Å²) in [4.78, 5) is 23.2. The lowest BCUT2D eigenvalue weighted by atomic mass is 10.0. The van der Waals surface area contributed by atoms with Gasteiger partial charge in [-0.25, -0.2) is 27.8 Å². The molecule has 0 saturated carbocycles. The predicted molar refractivity (Wildman–Crippen MR) is 123 cm³/mol. The van der Waals surface area contributed by atoms with Crippen LogP contribution in [0.1, 0.15) is 17.3 Å². The standard InChI is InChI=1S/C22H21N7O4S/c30-22(31)13-25-21-5-1-4-19(27-21)20(28-34(32,33)18-3-2-10-23-12-18)11-16-6-8-17(9-7-16)29-15-24-14-26-29/h1-10,12,14-15,20,28H,11,13H2,(H,25,27)(H,30,31). The molecular weight excluding hydrogens is 458 g/mol. The zero-order chi connectivity index (χ0) is 24.0. The van der Waals surface area contributed by atoms with Crippen LogP contribution < -0.4 is 10.0 Å². The highest BCUT2D eigenvalue weighted by Crippen LogP contribution is 2.22. The average Bonchev–Trinajstić information content (AvgIpc) is 3.38. The van der Waals surface area contributed by atoms with Gasteiger partial charge < -0.3 is 10.4 Å². The first-order valence-electron chi connectivity index (χ1n) is 10.2. The Hall–Kier alpha value is -4.16. The first-order chi connectivity index (χ1) is 16.4. The summed E-state index contributed by atoms with van der Waals surface area (Å²) in [6, 6.07) is 14.7. The minimum absolute atomic E-state index is 0.0293. The van der Waals surface area contributed by atoms with Crippen molar-refractivity contribution in [2.75, 3.05) is 11.9 Å². The van der Waals surface area contributed by atoms with Gasteiger partial charge in [0.25, 0.3) is 0 Å². The summed E-state index contributed by atoms with van der Waals surface area (Å²) in [5.74, 6) is -0.708. The number of rotatable bonds is 10. The molecule has 174 valence electrons. The van der Waals surface area contributed by atoms with Gasteiger partial charge in [-0.1, -0.05) is 18.2 Å². The van der Waals surface area contributed by atoms with Crippen molar-refractivity contribution in [3.63, 3.8) is 0 Å². The van der Waals surface area contributed by atoms with Gasteiger partial charge in [0, 0.05) is 12.4 Å². The number of benzene rings is 1. The number of carboxylic acid groups (broad SMARTS) is 1. The molecule has 0 radical (unpaired) electrons. The fourth-order valence-corrected chi connectivity index (χ4v) is 4.41. The van der Waals surface area contributed by atoms with E-state index in [0.717, 1.165) is 11.3 Å². The lowest BCUT2D eigenvalue weighted by Crippen LogP contribution is -2.31.